The first-order chi connectivity index (χ1) is 12.3. The van der Waals surface area contributed by atoms with E-state index in [4.69, 9.17) is 11.6 Å². The number of aryl methyl sites for hydroxylation is 1. The van der Waals surface area contributed by atoms with E-state index in [-0.39, 0.29) is 20.5 Å². The maximum atomic E-state index is 12.7. The van der Waals surface area contributed by atoms with Crippen LogP contribution >= 0.6 is 11.6 Å². The molecule has 2 N–H and O–H groups in total. The Morgan fingerprint density at radius 2 is 1.59 bits per heavy atom. The summed E-state index contributed by atoms with van der Waals surface area (Å²) >= 11 is 5.91. The van der Waals surface area contributed by atoms with Crippen LogP contribution in [0.25, 0.3) is 0 Å². The second-order valence-corrected chi connectivity index (χ2v) is 8.34. The molecule has 2 rings (SSSR count). The van der Waals surface area contributed by atoms with Crippen LogP contribution in [0.2, 0.25) is 5.02 Å². The number of aliphatic hydroxyl groups is 1. The minimum Gasteiger partial charge on any atom is -0.373 e. The molecule has 0 heterocycles. The summed E-state index contributed by atoms with van der Waals surface area (Å²) in [5.41, 5.74) is -3.04. The highest BCUT2D eigenvalue weighted by molar-refractivity contribution is 7.91. The Morgan fingerprint density at radius 1 is 1.07 bits per heavy atom. The molecule has 0 aliphatic heterocycles. The number of hydrogen-bond donors (Lipinski definition) is 2. The van der Waals surface area contributed by atoms with Gasteiger partial charge in [-0.25, -0.2) is 8.42 Å². The van der Waals surface area contributed by atoms with Crippen LogP contribution < -0.4 is 5.32 Å². The highest BCUT2D eigenvalue weighted by Crippen LogP contribution is 2.33. The standard InChI is InChI=1S/C17H15ClF3NO4S/c1-10-3-5-11(6-4-10)27(25,26)12-7-8-14(13(18)9-12)22-15(23)16(2,24)17(19,20)21/h3-9,24H,1-2H3,(H,22,23). The first kappa shape index (κ1) is 21.2. The third-order valence-electron chi connectivity index (χ3n) is 3.82. The molecule has 0 radical (unpaired) electrons. The van der Waals surface area contributed by atoms with Crippen molar-refractivity contribution in [3.05, 3.63) is 53.1 Å². The van der Waals surface area contributed by atoms with Gasteiger partial charge < -0.3 is 10.4 Å². The number of amides is 1. The fourth-order valence-electron chi connectivity index (χ4n) is 1.99. The molecule has 1 unspecified atom stereocenters. The van der Waals surface area contributed by atoms with E-state index in [1.165, 1.54) is 12.1 Å². The third-order valence-corrected chi connectivity index (χ3v) is 5.90. The molecule has 27 heavy (non-hydrogen) atoms. The van der Waals surface area contributed by atoms with Crippen molar-refractivity contribution in [2.45, 2.75) is 35.4 Å². The summed E-state index contributed by atoms with van der Waals surface area (Å²) in [4.78, 5) is 11.5. The Labute approximate surface area is 158 Å². The van der Waals surface area contributed by atoms with Gasteiger partial charge in [-0.1, -0.05) is 29.3 Å². The van der Waals surface area contributed by atoms with Crippen molar-refractivity contribution in [3.8, 4) is 0 Å². The lowest BCUT2D eigenvalue weighted by Crippen LogP contribution is -2.52. The van der Waals surface area contributed by atoms with Gasteiger partial charge in [-0.15, -0.1) is 0 Å². The van der Waals surface area contributed by atoms with E-state index in [9.17, 15) is 31.5 Å². The zero-order valence-electron chi connectivity index (χ0n) is 14.1. The molecule has 0 aliphatic carbocycles. The first-order valence-electron chi connectivity index (χ1n) is 7.48. The largest absolute Gasteiger partial charge is 0.426 e. The second-order valence-electron chi connectivity index (χ2n) is 5.98. The van der Waals surface area contributed by atoms with Crippen molar-refractivity contribution in [2.75, 3.05) is 5.32 Å². The summed E-state index contributed by atoms with van der Waals surface area (Å²) in [5.74, 6) is -1.74. The van der Waals surface area contributed by atoms with E-state index in [2.05, 4.69) is 0 Å². The lowest BCUT2D eigenvalue weighted by molar-refractivity contribution is -0.242. The SMILES string of the molecule is Cc1ccc(S(=O)(=O)c2ccc(NC(=O)C(C)(O)C(F)(F)F)c(Cl)c2)cc1. The summed E-state index contributed by atoms with van der Waals surface area (Å²) in [6, 6.07) is 9.20. The first-order valence-corrected chi connectivity index (χ1v) is 9.35. The molecule has 0 fully saturated rings. The van der Waals surface area contributed by atoms with Crippen LogP contribution in [0.5, 0.6) is 0 Å². The van der Waals surface area contributed by atoms with Crippen molar-refractivity contribution < 1.29 is 31.5 Å². The maximum Gasteiger partial charge on any atom is 0.426 e. The molecule has 2 aromatic carbocycles. The monoisotopic (exact) mass is 421 g/mol. The van der Waals surface area contributed by atoms with Crippen molar-refractivity contribution in [3.63, 3.8) is 0 Å². The average Bonchev–Trinajstić information content (AvgIpc) is 2.55. The van der Waals surface area contributed by atoms with Gasteiger partial charge in [0.15, 0.2) is 0 Å². The summed E-state index contributed by atoms with van der Waals surface area (Å²) < 4.78 is 63.3. The number of carbonyl (C=O) groups is 1. The third kappa shape index (κ3) is 4.26. The summed E-state index contributed by atoms with van der Waals surface area (Å²) in [6.45, 7) is 2.09. The van der Waals surface area contributed by atoms with Crippen LogP contribution in [-0.2, 0) is 14.6 Å². The number of sulfone groups is 1. The summed E-state index contributed by atoms with van der Waals surface area (Å²) in [7, 11) is -3.90. The van der Waals surface area contributed by atoms with Crippen LogP contribution in [0.15, 0.2) is 52.3 Å². The Bertz CT molecular complexity index is 971. The Morgan fingerprint density at radius 3 is 2.07 bits per heavy atom. The summed E-state index contributed by atoms with van der Waals surface area (Å²) in [6.07, 6.45) is -5.20. The Kier molecular flexibility index (Phi) is 5.61. The number of anilines is 1. The van der Waals surface area contributed by atoms with Gasteiger partial charge in [0, 0.05) is 0 Å². The molecule has 5 nitrogen and oxygen atoms in total. The highest BCUT2D eigenvalue weighted by atomic mass is 35.5. The maximum absolute atomic E-state index is 12.7. The van der Waals surface area contributed by atoms with E-state index in [1.54, 1.807) is 19.1 Å². The number of halogens is 4. The average molecular weight is 422 g/mol. The van der Waals surface area contributed by atoms with E-state index in [0.717, 1.165) is 23.8 Å². The van der Waals surface area contributed by atoms with E-state index in [0.29, 0.717) is 6.92 Å². The predicted octanol–water partition coefficient (Wildman–Crippen LogP) is 3.73. The van der Waals surface area contributed by atoms with Gasteiger partial charge >= 0.3 is 6.18 Å². The quantitative estimate of drug-likeness (QED) is 0.787. The van der Waals surface area contributed by atoms with Gasteiger partial charge in [-0.3, -0.25) is 4.79 Å². The number of alkyl halides is 3. The molecule has 0 bridgehead atoms. The molecule has 146 valence electrons. The van der Waals surface area contributed by atoms with Crippen molar-refractivity contribution in [1.29, 1.82) is 0 Å². The molecular weight excluding hydrogens is 407 g/mol. The second kappa shape index (κ2) is 7.14. The Hall–Kier alpha value is -2.10. The molecule has 0 aliphatic rings. The minimum absolute atomic E-state index is 0.0148. The van der Waals surface area contributed by atoms with Gasteiger partial charge in [-0.05, 0) is 44.2 Å². The van der Waals surface area contributed by atoms with Crippen LogP contribution in [0.1, 0.15) is 12.5 Å². The molecule has 0 saturated heterocycles. The number of nitrogens with one attached hydrogen (secondary N) is 1. The zero-order valence-corrected chi connectivity index (χ0v) is 15.7. The number of carbonyl (C=O) groups excluding carboxylic acids is 1. The van der Waals surface area contributed by atoms with Crippen LogP contribution in [0.4, 0.5) is 18.9 Å². The van der Waals surface area contributed by atoms with E-state index < -0.39 is 27.5 Å². The molecule has 1 atom stereocenters. The van der Waals surface area contributed by atoms with Crippen LogP contribution in [-0.4, -0.2) is 31.2 Å². The molecule has 0 spiro atoms. The number of hydrogen-bond acceptors (Lipinski definition) is 4. The van der Waals surface area contributed by atoms with Gasteiger partial charge in [0.05, 0.1) is 20.5 Å². The molecule has 10 heteroatoms. The minimum atomic E-state index is -5.20. The van der Waals surface area contributed by atoms with Gasteiger partial charge in [0.1, 0.15) is 0 Å². The van der Waals surface area contributed by atoms with Crippen molar-refractivity contribution in [1.82, 2.24) is 0 Å². The lowest BCUT2D eigenvalue weighted by Gasteiger charge is -2.25. The lowest BCUT2D eigenvalue weighted by atomic mass is 10.1. The van der Waals surface area contributed by atoms with Gasteiger partial charge in [0.2, 0.25) is 15.4 Å². The van der Waals surface area contributed by atoms with E-state index in [1.807, 2.05) is 5.32 Å². The number of benzene rings is 2. The molecule has 0 aromatic heterocycles. The molecular formula is C17H15ClF3NO4S. The molecule has 0 saturated carbocycles. The van der Waals surface area contributed by atoms with Crippen LogP contribution in [0.3, 0.4) is 0 Å². The Balaban J connectivity index is 2.33. The van der Waals surface area contributed by atoms with E-state index >= 15 is 0 Å². The van der Waals surface area contributed by atoms with Crippen LogP contribution in [0, 0.1) is 6.92 Å². The highest BCUT2D eigenvalue weighted by Gasteiger charge is 2.55. The van der Waals surface area contributed by atoms with Crippen molar-refractivity contribution in [2.24, 2.45) is 0 Å². The zero-order chi connectivity index (χ0) is 20.6. The number of rotatable bonds is 4. The van der Waals surface area contributed by atoms with Gasteiger partial charge in [0.25, 0.3) is 5.91 Å². The smallest absolute Gasteiger partial charge is 0.373 e. The fraction of sp³-hybridized carbons (Fsp3) is 0.235. The fourth-order valence-corrected chi connectivity index (χ4v) is 3.57. The topological polar surface area (TPSA) is 83.5 Å². The molecule has 1 amide bonds. The summed E-state index contributed by atoms with van der Waals surface area (Å²) in [5, 5.41) is 10.9. The van der Waals surface area contributed by atoms with Crippen molar-refractivity contribution >= 4 is 33.0 Å². The predicted molar refractivity (Wildman–Crippen MR) is 93.4 cm³/mol. The normalized spacial score (nSPS) is 14.5. The van der Waals surface area contributed by atoms with Gasteiger partial charge in [-0.2, -0.15) is 13.2 Å². The molecule has 2 aromatic rings.